The summed E-state index contributed by atoms with van der Waals surface area (Å²) in [7, 11) is 7.73. The topological polar surface area (TPSA) is 162 Å². The van der Waals surface area contributed by atoms with Crippen LogP contribution in [0.1, 0.15) is 22.6 Å². The Morgan fingerprint density at radius 2 is 1.72 bits per heavy atom. The van der Waals surface area contributed by atoms with Crippen molar-refractivity contribution in [2.45, 2.75) is 13.8 Å². The number of esters is 2. The second-order valence-electron chi connectivity index (χ2n) is 3.17. The molecule has 0 aromatic carbocycles. The van der Waals surface area contributed by atoms with E-state index in [-0.39, 0.29) is 5.91 Å². The molecule has 14 heteroatoms. The van der Waals surface area contributed by atoms with Gasteiger partial charge in [0, 0.05) is 17.9 Å². The van der Waals surface area contributed by atoms with Crippen LogP contribution in [0.5, 0.6) is 0 Å². The maximum Gasteiger partial charge on any atom is 0.410 e. The number of methoxy groups -OCH3 is 2. The molecule has 0 saturated heterocycles. The first-order chi connectivity index (χ1) is 11.5. The number of nitrogens with zero attached hydrogens (tertiary/aromatic N) is 3. The summed E-state index contributed by atoms with van der Waals surface area (Å²) in [6, 6.07) is 1.25. The number of hydrogen-bond donors (Lipinski definition) is 1. The number of carbonyl (C=O) groups excluding carboxylic acids is 4. The van der Waals surface area contributed by atoms with E-state index in [1.807, 2.05) is 0 Å². The summed E-state index contributed by atoms with van der Waals surface area (Å²) in [5, 5.41) is 7.92. The molecule has 1 heterocycles. The molecule has 1 aromatic heterocycles. The van der Waals surface area contributed by atoms with Crippen LogP contribution in [0.15, 0.2) is 0 Å². The van der Waals surface area contributed by atoms with E-state index in [4.69, 9.17) is 15.9 Å². The molecule has 140 valence electrons. The Kier molecular flexibility index (Phi) is 20.5. The Morgan fingerprint density at radius 3 is 1.88 bits per heavy atom. The van der Waals surface area contributed by atoms with Crippen LogP contribution in [0.3, 0.4) is 0 Å². The van der Waals surface area contributed by atoms with Crippen molar-refractivity contribution in [1.82, 2.24) is 9.36 Å². The third-order valence-corrected chi connectivity index (χ3v) is 3.02. The average molecular weight is 433 g/mol. The Balaban J connectivity index is -0.000000280. The monoisotopic (exact) mass is 432 g/mol. The summed E-state index contributed by atoms with van der Waals surface area (Å²) >= 11 is 5.70. The van der Waals surface area contributed by atoms with Crippen molar-refractivity contribution < 1.29 is 28.7 Å². The SMILES string of the molecule is CC(N)=O.COC(=O)C#N.COC(=O)c1nc(C)ns1.O=C(Cl)SCl. The second-order valence-corrected chi connectivity index (χ2v) is 5.47. The van der Waals surface area contributed by atoms with E-state index in [0.29, 0.717) is 21.8 Å². The van der Waals surface area contributed by atoms with Crippen LogP contribution in [0, 0.1) is 18.3 Å². The minimum absolute atomic E-state index is 0.306. The van der Waals surface area contributed by atoms with Crippen LogP contribution < -0.4 is 5.73 Å². The lowest BCUT2D eigenvalue weighted by Crippen LogP contribution is -2.01. The van der Waals surface area contributed by atoms with E-state index >= 15 is 0 Å². The number of halogens is 2. The van der Waals surface area contributed by atoms with Crippen molar-refractivity contribution in [3.05, 3.63) is 10.8 Å². The molecule has 0 unspecified atom stereocenters. The van der Waals surface area contributed by atoms with E-state index in [1.165, 1.54) is 20.1 Å². The highest BCUT2D eigenvalue weighted by Crippen LogP contribution is 2.10. The van der Waals surface area contributed by atoms with Gasteiger partial charge >= 0.3 is 11.9 Å². The molecule has 0 saturated carbocycles. The van der Waals surface area contributed by atoms with Crippen molar-refractivity contribution in [1.29, 1.82) is 5.26 Å². The normalized spacial score (nSPS) is 7.72. The molecule has 0 bridgehead atoms. The minimum Gasteiger partial charge on any atom is -0.464 e. The van der Waals surface area contributed by atoms with Crippen LogP contribution >= 0.6 is 44.8 Å². The summed E-state index contributed by atoms with van der Waals surface area (Å²) in [5.74, 6) is -1.01. The number of carbonyl (C=O) groups is 4. The molecular weight excluding hydrogens is 419 g/mol. The van der Waals surface area contributed by atoms with Gasteiger partial charge in [-0.05, 0) is 40.7 Å². The van der Waals surface area contributed by atoms with Gasteiger partial charge in [-0.1, -0.05) is 0 Å². The Hall–Kier alpha value is -1.94. The molecule has 0 radical (unpaired) electrons. The van der Waals surface area contributed by atoms with E-state index in [9.17, 15) is 19.2 Å². The lowest BCUT2D eigenvalue weighted by Gasteiger charge is -1.88. The van der Waals surface area contributed by atoms with Crippen LogP contribution in [0.2, 0.25) is 0 Å². The van der Waals surface area contributed by atoms with Gasteiger partial charge in [-0.25, -0.2) is 14.6 Å². The minimum atomic E-state index is -0.852. The van der Waals surface area contributed by atoms with Crippen LogP contribution in [-0.2, 0) is 19.1 Å². The predicted molar refractivity (Wildman–Crippen MR) is 93.2 cm³/mol. The fraction of sp³-hybridized carbons (Fsp3) is 0.364. The molecule has 0 aliphatic carbocycles. The summed E-state index contributed by atoms with van der Waals surface area (Å²) in [6.45, 7) is 3.03. The maximum absolute atomic E-state index is 10.7. The van der Waals surface area contributed by atoms with Gasteiger partial charge in [0.15, 0.2) is 6.07 Å². The highest BCUT2D eigenvalue weighted by molar-refractivity contribution is 8.34. The average Bonchev–Trinajstić information content (AvgIpc) is 3.00. The highest BCUT2D eigenvalue weighted by Gasteiger charge is 2.09. The summed E-state index contributed by atoms with van der Waals surface area (Å²) in [4.78, 5) is 42.8. The van der Waals surface area contributed by atoms with E-state index < -0.39 is 16.5 Å². The molecule has 10 nitrogen and oxygen atoms in total. The predicted octanol–water partition coefficient (Wildman–Crippen LogP) is 2.04. The Morgan fingerprint density at radius 1 is 1.28 bits per heavy atom. The second kappa shape index (κ2) is 18.4. The first-order valence-corrected chi connectivity index (χ1v) is 8.45. The number of rotatable bonds is 1. The van der Waals surface area contributed by atoms with Gasteiger partial charge in [0.1, 0.15) is 5.82 Å². The zero-order valence-electron chi connectivity index (χ0n) is 13.4. The summed E-state index contributed by atoms with van der Waals surface area (Å²) < 4.78 is 11.5. The van der Waals surface area contributed by atoms with Gasteiger partial charge in [-0.15, -0.1) is 0 Å². The quantitative estimate of drug-likeness (QED) is 0.394. The maximum atomic E-state index is 10.7. The number of aromatic nitrogens is 2. The molecule has 1 aromatic rings. The molecule has 25 heavy (non-hydrogen) atoms. The zero-order valence-corrected chi connectivity index (χ0v) is 16.6. The van der Waals surface area contributed by atoms with Gasteiger partial charge in [-0.3, -0.25) is 9.59 Å². The summed E-state index contributed by atoms with van der Waals surface area (Å²) in [5.41, 5.74) is 4.47. The first-order valence-electron chi connectivity index (χ1n) is 5.66. The summed E-state index contributed by atoms with van der Waals surface area (Å²) in [6.07, 6.45) is 0. The number of aryl methyl sites for hydroxylation is 1. The van der Waals surface area contributed by atoms with Crippen molar-refractivity contribution >= 4 is 67.2 Å². The van der Waals surface area contributed by atoms with Gasteiger partial charge in [0.2, 0.25) is 10.9 Å². The third-order valence-electron chi connectivity index (χ3n) is 1.22. The van der Waals surface area contributed by atoms with E-state index in [0.717, 1.165) is 18.6 Å². The fourth-order valence-electron chi connectivity index (χ4n) is 0.513. The third kappa shape index (κ3) is 24.4. The Labute approximate surface area is 161 Å². The highest BCUT2D eigenvalue weighted by atomic mass is 35.7. The standard InChI is InChI=1S/C5H6N2O2S.C3H3NO2.C2H5NO.CCl2OS/c1-3-6-4(10-7-3)5(8)9-2;1-6-3(5)2-4;1-2(3)4;2-1(4)5-3/h1-2H3;1H3;1H3,(H2,3,4);. The van der Waals surface area contributed by atoms with Crippen molar-refractivity contribution in [3.8, 4) is 6.07 Å². The Bertz CT molecular complexity index is 602. The lowest BCUT2D eigenvalue weighted by molar-refractivity contribution is -0.134. The van der Waals surface area contributed by atoms with Crippen molar-refractivity contribution in [2.24, 2.45) is 5.73 Å². The fourth-order valence-corrected chi connectivity index (χ4v) is 1.10. The molecule has 2 N–H and O–H groups in total. The molecular formula is C11H14Cl2N4O6S2. The van der Waals surface area contributed by atoms with Crippen molar-refractivity contribution in [3.63, 3.8) is 0 Å². The van der Waals surface area contributed by atoms with Crippen LogP contribution in [-0.4, -0.2) is 46.0 Å². The molecule has 0 aliphatic rings. The first kappa shape index (κ1) is 27.9. The van der Waals surface area contributed by atoms with Crippen molar-refractivity contribution in [2.75, 3.05) is 14.2 Å². The molecule has 0 fully saturated rings. The van der Waals surface area contributed by atoms with Gasteiger partial charge in [-0.2, -0.15) is 9.64 Å². The molecule has 0 spiro atoms. The van der Waals surface area contributed by atoms with Gasteiger partial charge in [0.25, 0.3) is 4.57 Å². The number of nitriles is 1. The lowest BCUT2D eigenvalue weighted by atomic mass is 10.7. The molecule has 1 rings (SSSR count). The molecule has 0 atom stereocenters. The number of ether oxygens (including phenoxy) is 2. The molecule has 1 amide bonds. The van der Waals surface area contributed by atoms with Gasteiger partial charge < -0.3 is 15.2 Å². The number of amides is 1. The number of nitrogens with two attached hydrogens (primary N) is 1. The number of hydrogen-bond acceptors (Lipinski definition) is 11. The van der Waals surface area contributed by atoms with Gasteiger partial charge in [0.05, 0.1) is 14.2 Å². The zero-order chi connectivity index (χ0) is 20.4. The van der Waals surface area contributed by atoms with E-state index in [2.05, 4.69) is 36.2 Å². The number of primary amides is 1. The van der Waals surface area contributed by atoms with Crippen LogP contribution in [0.25, 0.3) is 0 Å². The van der Waals surface area contributed by atoms with E-state index in [1.54, 1.807) is 6.92 Å². The largest absolute Gasteiger partial charge is 0.464 e. The molecule has 0 aliphatic heterocycles. The smallest absolute Gasteiger partial charge is 0.410 e. The van der Waals surface area contributed by atoms with Crippen LogP contribution in [0.4, 0.5) is 4.79 Å².